The van der Waals surface area contributed by atoms with Crippen molar-refractivity contribution < 1.29 is 35.4 Å². The van der Waals surface area contributed by atoms with E-state index in [9.17, 15) is 6.85 Å². The number of ether oxygens (including phenoxy) is 1. The largest absolute Gasteiger partial charge is 0.509 e. The molecule has 2 aromatic heterocycles. The third-order valence-electron chi connectivity index (χ3n) is 13.1. The van der Waals surface area contributed by atoms with Crippen LogP contribution in [0.2, 0.25) is 0 Å². The van der Waals surface area contributed by atoms with E-state index in [1.54, 1.807) is 24.4 Å². The summed E-state index contributed by atoms with van der Waals surface area (Å²) in [5.41, 5.74) is 8.49. The zero-order chi connectivity index (χ0) is 56.1. The maximum atomic E-state index is 9.88. The Bertz CT molecular complexity index is 3990. The first-order valence-corrected chi connectivity index (χ1v) is 24.5. The second kappa shape index (κ2) is 19.3. The van der Waals surface area contributed by atoms with Gasteiger partial charge in [0.05, 0.1) is 6.85 Å². The predicted molar refractivity (Wildman–Crippen MR) is 301 cm³/mol. The SMILES string of the molecule is [2H]c1cc(-c2ccccc2)cc([2H])c1-c1c([2H])c([2H])c([2H])c(-c2cc(C(C)(C)C)cc(C(C)(C)C)c2)c1N1[CH-]N(c2[c-]c(Oc3[c-]c4c(cc3)c3ccccc3n4-c3cc(C([2H])([2H])C(C)(C)C)ccn3)ccc2)c2ccccc21.[Pt]. The molecule has 11 rings (SSSR count). The Morgan fingerprint density at radius 1 is 0.575 bits per heavy atom. The first-order valence-electron chi connectivity index (χ1n) is 28.0. The average Bonchev–Trinajstić information content (AvgIpc) is 4.16. The average molecular weight is 1140 g/mol. The molecule has 1 aliphatic heterocycles. The fraction of sp³-hybridized carbons (Fsp3) is 0.194. The summed E-state index contributed by atoms with van der Waals surface area (Å²) in [7, 11) is 0. The van der Waals surface area contributed by atoms with Crippen molar-refractivity contribution in [2.45, 2.75) is 79.5 Å². The van der Waals surface area contributed by atoms with Crippen LogP contribution in [0.1, 0.15) is 88.6 Å². The van der Waals surface area contributed by atoms with Gasteiger partial charge in [-0.3, -0.25) is 0 Å². The van der Waals surface area contributed by atoms with Crippen molar-refractivity contribution in [1.82, 2.24) is 9.55 Å². The number of aromatic nitrogens is 2. The Labute approximate surface area is 456 Å². The molecule has 0 spiro atoms. The molecule has 0 fully saturated rings. The summed E-state index contributed by atoms with van der Waals surface area (Å²) in [4.78, 5) is 8.69. The Morgan fingerprint density at radius 3 is 1.90 bits per heavy atom. The predicted octanol–water partition coefficient (Wildman–Crippen LogP) is 18.2. The van der Waals surface area contributed by atoms with Crippen LogP contribution in [0, 0.1) is 24.2 Å². The maximum Gasteiger partial charge on any atom is 0.135 e. The van der Waals surface area contributed by atoms with Gasteiger partial charge in [-0.05, 0) is 97.3 Å². The molecule has 0 unspecified atom stereocenters. The van der Waals surface area contributed by atoms with Gasteiger partial charge in [0.25, 0.3) is 0 Å². The van der Waals surface area contributed by atoms with Crippen molar-refractivity contribution >= 4 is 44.6 Å². The summed E-state index contributed by atoms with van der Waals surface area (Å²) in [6.07, 6.45) is 0.0169. The van der Waals surface area contributed by atoms with Gasteiger partial charge in [-0.1, -0.05) is 189 Å². The van der Waals surface area contributed by atoms with E-state index in [2.05, 4.69) is 77.9 Å². The second-order valence-corrected chi connectivity index (χ2v) is 21.6. The normalized spacial score (nSPS) is 14.4. The van der Waals surface area contributed by atoms with Crippen LogP contribution in [-0.2, 0) is 38.3 Å². The molecule has 0 bridgehead atoms. The summed E-state index contributed by atoms with van der Waals surface area (Å²) in [6, 6.07) is 54.8. The van der Waals surface area contributed by atoms with Crippen molar-refractivity contribution in [3.8, 4) is 50.7 Å². The molecule has 0 N–H and O–H groups in total. The van der Waals surface area contributed by atoms with Gasteiger partial charge in [0.1, 0.15) is 5.82 Å². The monoisotopic (exact) mass is 1140 g/mol. The van der Waals surface area contributed by atoms with Crippen LogP contribution < -0.4 is 14.5 Å². The van der Waals surface area contributed by atoms with Crippen LogP contribution in [0.15, 0.2) is 188 Å². The first kappa shape index (κ1) is 41.3. The molecule has 73 heavy (non-hydrogen) atoms. The van der Waals surface area contributed by atoms with Crippen molar-refractivity contribution in [3.63, 3.8) is 0 Å². The van der Waals surface area contributed by atoms with Gasteiger partial charge in [0.15, 0.2) is 0 Å². The van der Waals surface area contributed by atoms with Crippen LogP contribution in [0.4, 0.5) is 22.7 Å². The van der Waals surface area contributed by atoms with Crippen LogP contribution in [0.3, 0.4) is 0 Å². The Balaban J connectivity index is 0.00000720. The summed E-state index contributed by atoms with van der Waals surface area (Å²) >= 11 is 0. The number of fused-ring (bicyclic) bond motifs is 4. The van der Waals surface area contributed by atoms with E-state index in [0.717, 1.165) is 38.7 Å². The number of para-hydroxylation sites is 4. The molecule has 6 heteroatoms. The standard InChI is InChI=1S/C67H61N4O.Pt/c1-65(2,3)43-45-35-36-68-63(37-45)71-59-26-14-13-23-57(59)58-34-33-54(42-62(58)71)72-53-22-17-21-52(41-53)69-44-70(61-28-16-15-27-60(61)69)64-55(48-31-29-47(30-32-48)46-19-11-10-12-20-46)24-18-25-56(64)49-38-50(66(4,5)6)40-51(39-49)67(7,8)9;/h10-40,44H,43H2,1-9H3;/q-3;/i18D,24D,25D,31D,32D,43D2;. The van der Waals surface area contributed by atoms with Crippen molar-refractivity contribution in [1.29, 1.82) is 0 Å². The summed E-state index contributed by atoms with van der Waals surface area (Å²) < 4.78 is 75.3. The smallest absolute Gasteiger partial charge is 0.135 e. The molecule has 10 aromatic rings. The van der Waals surface area contributed by atoms with E-state index in [1.807, 2.05) is 151 Å². The Morgan fingerprint density at radius 2 is 1.21 bits per heavy atom. The fourth-order valence-electron chi connectivity index (χ4n) is 9.45. The van der Waals surface area contributed by atoms with Crippen LogP contribution in [0.5, 0.6) is 11.5 Å². The number of rotatable bonds is 9. The minimum Gasteiger partial charge on any atom is -0.509 e. The molecule has 3 heterocycles. The topological polar surface area (TPSA) is 33.5 Å². The van der Waals surface area contributed by atoms with Crippen LogP contribution >= 0.6 is 0 Å². The summed E-state index contributed by atoms with van der Waals surface area (Å²) in [5.74, 6) is 1.39. The van der Waals surface area contributed by atoms with E-state index in [4.69, 9.17) is 12.5 Å². The third kappa shape index (κ3) is 9.88. The minimum absolute atomic E-state index is 0. The molecule has 368 valence electrons. The van der Waals surface area contributed by atoms with E-state index < -0.39 is 11.8 Å². The molecular weight excluding hydrogens is 1070 g/mol. The quantitative estimate of drug-likeness (QED) is 0.135. The number of benzene rings is 8. The van der Waals surface area contributed by atoms with Gasteiger partial charge in [-0.15, -0.1) is 48.1 Å². The first-order chi connectivity index (χ1) is 37.4. The number of hydrogen-bond donors (Lipinski definition) is 0. The molecular formula is C67H61N4OPt-3. The van der Waals surface area contributed by atoms with Crippen molar-refractivity contribution in [2.24, 2.45) is 5.41 Å². The fourth-order valence-corrected chi connectivity index (χ4v) is 9.45. The molecule has 0 aliphatic carbocycles. The van der Waals surface area contributed by atoms with Crippen molar-refractivity contribution in [2.75, 3.05) is 9.80 Å². The molecule has 0 radical (unpaired) electrons. The third-order valence-corrected chi connectivity index (χ3v) is 13.1. The van der Waals surface area contributed by atoms with Gasteiger partial charge in [0.2, 0.25) is 0 Å². The van der Waals surface area contributed by atoms with Gasteiger partial charge >= 0.3 is 0 Å². The summed E-state index contributed by atoms with van der Waals surface area (Å²) in [5, 5.41) is 1.92. The van der Waals surface area contributed by atoms with E-state index in [1.165, 1.54) is 0 Å². The molecule has 0 atom stereocenters. The van der Waals surface area contributed by atoms with E-state index in [-0.39, 0.29) is 73.2 Å². The molecule has 8 aromatic carbocycles. The number of anilines is 4. The number of hydrogen-bond acceptors (Lipinski definition) is 4. The van der Waals surface area contributed by atoms with Gasteiger partial charge in [-0.2, -0.15) is 12.1 Å². The Kier molecular flexibility index (Phi) is 10.9. The molecule has 5 nitrogen and oxygen atoms in total. The summed E-state index contributed by atoms with van der Waals surface area (Å²) in [6.45, 7) is 20.5. The number of nitrogens with zero attached hydrogens (tertiary/aromatic N) is 4. The molecule has 1 aliphatic rings. The molecule has 0 saturated carbocycles. The van der Waals surface area contributed by atoms with E-state index in [0.29, 0.717) is 62.1 Å². The van der Waals surface area contributed by atoms with Crippen LogP contribution in [0.25, 0.3) is 61.0 Å². The zero-order valence-electron chi connectivity index (χ0n) is 49.6. The number of pyridine rings is 1. The Hall–Kier alpha value is -7.20. The molecule has 0 amide bonds. The van der Waals surface area contributed by atoms with Crippen molar-refractivity contribution in [3.05, 3.63) is 224 Å². The minimum atomic E-state index is -1.64. The van der Waals surface area contributed by atoms with Gasteiger partial charge in [-0.25, -0.2) is 4.98 Å². The second-order valence-electron chi connectivity index (χ2n) is 21.6. The van der Waals surface area contributed by atoms with Gasteiger partial charge in [0, 0.05) is 75.2 Å². The van der Waals surface area contributed by atoms with Crippen LogP contribution in [-0.4, -0.2) is 9.55 Å². The maximum absolute atomic E-state index is 9.88. The molecule has 0 saturated heterocycles. The zero-order valence-corrected chi connectivity index (χ0v) is 44.9. The van der Waals surface area contributed by atoms with Gasteiger partial charge < -0.3 is 19.1 Å². The van der Waals surface area contributed by atoms with E-state index >= 15 is 0 Å².